The molecule has 0 atom stereocenters. The molecule has 0 heterocycles. The van der Waals surface area contributed by atoms with Crippen LogP contribution in [0.5, 0.6) is 17.2 Å². The average molecular weight is 402 g/mol. The highest BCUT2D eigenvalue weighted by Crippen LogP contribution is 2.21. The second kappa shape index (κ2) is 10.3. The number of nitrogens with zero attached hydrogens (tertiary/aromatic N) is 1. The zero-order valence-electron chi connectivity index (χ0n) is 17.9. The van der Waals surface area contributed by atoms with Crippen molar-refractivity contribution in [2.24, 2.45) is 4.99 Å². The first-order chi connectivity index (χ1) is 14.6. The minimum atomic E-state index is 0.487. The second-order valence-electron chi connectivity index (χ2n) is 6.95. The lowest BCUT2D eigenvalue weighted by Gasteiger charge is -2.11. The third-order valence-corrected chi connectivity index (χ3v) is 4.55. The van der Waals surface area contributed by atoms with E-state index < -0.39 is 0 Å². The molecule has 0 unspecified atom stereocenters. The van der Waals surface area contributed by atoms with E-state index in [4.69, 9.17) is 19.2 Å². The second-order valence-corrected chi connectivity index (χ2v) is 6.95. The van der Waals surface area contributed by atoms with Crippen LogP contribution >= 0.6 is 0 Å². The smallest absolute Gasteiger partial charge is 0.225 e. The normalized spacial score (nSPS) is 11.9. The highest BCUT2D eigenvalue weighted by atomic mass is 16.5. The highest BCUT2D eigenvalue weighted by Gasteiger charge is 2.09. The molecule has 0 spiro atoms. The molecule has 0 aliphatic rings. The first kappa shape index (κ1) is 21.2. The van der Waals surface area contributed by atoms with Crippen molar-refractivity contribution in [3.05, 3.63) is 95.8 Å². The van der Waals surface area contributed by atoms with Crippen molar-refractivity contribution in [3.63, 3.8) is 0 Å². The number of rotatable bonds is 7. The van der Waals surface area contributed by atoms with E-state index in [-0.39, 0.29) is 0 Å². The topological polar surface area (TPSA) is 40.0 Å². The summed E-state index contributed by atoms with van der Waals surface area (Å²) >= 11 is 0. The van der Waals surface area contributed by atoms with E-state index in [1.807, 2.05) is 73.7 Å². The molecule has 0 aliphatic carbocycles. The fraction of sp³-hybridized carbons (Fsp3) is 0.192. The van der Waals surface area contributed by atoms with E-state index >= 15 is 0 Å². The zero-order chi connectivity index (χ0) is 21.3. The predicted octanol–water partition coefficient (Wildman–Crippen LogP) is 6.66. The fourth-order valence-electron chi connectivity index (χ4n) is 2.73. The van der Waals surface area contributed by atoms with Crippen LogP contribution in [0.3, 0.4) is 0 Å². The number of methoxy groups -OCH3 is 1. The van der Waals surface area contributed by atoms with Crippen LogP contribution in [-0.4, -0.2) is 13.0 Å². The van der Waals surface area contributed by atoms with Crippen molar-refractivity contribution in [1.29, 1.82) is 0 Å². The summed E-state index contributed by atoms with van der Waals surface area (Å²) in [4.78, 5) is 4.72. The van der Waals surface area contributed by atoms with Crippen LogP contribution < -0.4 is 14.2 Å². The molecule has 0 radical (unpaired) electrons. The number of aliphatic imine (C=N–C) groups is 1. The molecule has 3 rings (SSSR count). The average Bonchev–Trinajstić information content (AvgIpc) is 2.79. The van der Waals surface area contributed by atoms with Crippen LogP contribution in [0, 0.1) is 6.92 Å². The number of hydrogen-bond donors (Lipinski definition) is 0. The van der Waals surface area contributed by atoms with E-state index in [2.05, 4.69) is 19.9 Å². The molecule has 4 nitrogen and oxygen atoms in total. The van der Waals surface area contributed by atoms with Gasteiger partial charge in [0.2, 0.25) is 5.90 Å². The summed E-state index contributed by atoms with van der Waals surface area (Å²) in [5.41, 5.74) is 3.98. The van der Waals surface area contributed by atoms with Crippen LogP contribution in [-0.2, 0) is 6.42 Å². The van der Waals surface area contributed by atoms with Crippen molar-refractivity contribution >= 4 is 11.6 Å². The van der Waals surface area contributed by atoms with Gasteiger partial charge in [-0.1, -0.05) is 36.8 Å². The van der Waals surface area contributed by atoms with Crippen molar-refractivity contribution in [1.82, 2.24) is 0 Å². The summed E-state index contributed by atoms with van der Waals surface area (Å²) in [6.07, 6.45) is 2.59. The molecule has 3 aromatic carbocycles. The third kappa shape index (κ3) is 5.98. The summed E-state index contributed by atoms with van der Waals surface area (Å²) in [7, 11) is 1.64. The van der Waals surface area contributed by atoms with E-state index in [0.717, 1.165) is 29.2 Å². The summed E-state index contributed by atoms with van der Waals surface area (Å²) in [5.74, 6) is 2.72. The quantitative estimate of drug-likeness (QED) is 0.252. The first-order valence-electron chi connectivity index (χ1n) is 9.97. The molecule has 0 aliphatic heterocycles. The zero-order valence-corrected chi connectivity index (χ0v) is 17.9. The Hall–Kier alpha value is -3.53. The van der Waals surface area contributed by atoms with E-state index in [9.17, 15) is 0 Å². The van der Waals surface area contributed by atoms with Gasteiger partial charge in [0.15, 0.2) is 0 Å². The third-order valence-electron chi connectivity index (χ3n) is 4.55. The maximum atomic E-state index is 6.16. The minimum Gasteiger partial charge on any atom is -0.497 e. The van der Waals surface area contributed by atoms with Gasteiger partial charge in [0.1, 0.15) is 17.2 Å². The lowest BCUT2D eigenvalue weighted by atomic mass is 10.2. The molecule has 4 heteroatoms. The lowest BCUT2D eigenvalue weighted by molar-refractivity contribution is 0.412. The van der Waals surface area contributed by atoms with E-state index in [1.165, 1.54) is 11.1 Å². The molecule has 0 amide bonds. The Balaban J connectivity index is 1.87. The number of ether oxygens (including phenoxy) is 3. The lowest BCUT2D eigenvalue weighted by Crippen LogP contribution is -2.11. The van der Waals surface area contributed by atoms with Gasteiger partial charge in [0.25, 0.3) is 0 Å². The predicted molar refractivity (Wildman–Crippen MR) is 122 cm³/mol. The molecule has 0 saturated carbocycles. The Morgan fingerprint density at radius 1 is 0.900 bits per heavy atom. The molecule has 0 fully saturated rings. The molecule has 0 N–H and O–H groups in total. The molecule has 0 aromatic heterocycles. The minimum absolute atomic E-state index is 0.487. The number of hydrogen-bond acceptors (Lipinski definition) is 4. The van der Waals surface area contributed by atoms with Crippen LogP contribution in [0.15, 0.2) is 89.6 Å². The van der Waals surface area contributed by atoms with Gasteiger partial charge >= 0.3 is 0 Å². The monoisotopic (exact) mass is 401 g/mol. The van der Waals surface area contributed by atoms with Gasteiger partial charge in [-0.05, 0) is 74.4 Å². The largest absolute Gasteiger partial charge is 0.497 e. The Bertz CT molecular complexity index is 1020. The van der Waals surface area contributed by atoms with Crippen LogP contribution in [0.2, 0.25) is 0 Å². The summed E-state index contributed by atoms with van der Waals surface area (Å²) in [6, 6.07) is 23.4. The van der Waals surface area contributed by atoms with E-state index in [0.29, 0.717) is 11.6 Å². The van der Waals surface area contributed by atoms with Gasteiger partial charge in [0.05, 0.1) is 19.1 Å². The Kier molecular flexibility index (Phi) is 7.28. The van der Waals surface area contributed by atoms with Gasteiger partial charge in [0, 0.05) is 5.57 Å². The Morgan fingerprint density at radius 2 is 1.60 bits per heavy atom. The van der Waals surface area contributed by atoms with Crippen LogP contribution in [0.1, 0.15) is 25.0 Å². The van der Waals surface area contributed by atoms with Crippen molar-refractivity contribution < 1.29 is 14.2 Å². The maximum Gasteiger partial charge on any atom is 0.225 e. The van der Waals surface area contributed by atoms with Crippen LogP contribution in [0.25, 0.3) is 0 Å². The van der Waals surface area contributed by atoms with E-state index in [1.54, 1.807) is 13.4 Å². The van der Waals surface area contributed by atoms with Crippen molar-refractivity contribution in [3.8, 4) is 17.2 Å². The Labute approximate surface area is 178 Å². The van der Waals surface area contributed by atoms with Crippen LogP contribution in [0.4, 0.5) is 5.69 Å². The van der Waals surface area contributed by atoms with Gasteiger partial charge in [-0.3, -0.25) is 0 Å². The summed E-state index contributed by atoms with van der Waals surface area (Å²) in [6.45, 7) is 6.09. The molecular formula is C26H27NO3. The van der Waals surface area contributed by atoms with Crippen molar-refractivity contribution in [2.75, 3.05) is 7.11 Å². The van der Waals surface area contributed by atoms with Gasteiger partial charge in [-0.25, -0.2) is 4.99 Å². The molecule has 154 valence electrons. The fourth-order valence-corrected chi connectivity index (χ4v) is 2.73. The highest BCUT2D eigenvalue weighted by molar-refractivity contribution is 5.96. The SMILES string of the molecule is CCc1cccc(OC(=Nc2ccc(C)cc2)/C(C)=C/Oc2ccc(OC)cc2)c1. The van der Waals surface area contributed by atoms with Gasteiger partial charge < -0.3 is 14.2 Å². The summed E-state index contributed by atoms with van der Waals surface area (Å²) < 4.78 is 17.2. The van der Waals surface area contributed by atoms with Gasteiger partial charge in [-0.15, -0.1) is 0 Å². The van der Waals surface area contributed by atoms with Crippen molar-refractivity contribution in [2.45, 2.75) is 27.2 Å². The molecule has 0 saturated heterocycles. The Morgan fingerprint density at radius 3 is 2.27 bits per heavy atom. The van der Waals surface area contributed by atoms with Gasteiger partial charge in [-0.2, -0.15) is 0 Å². The molecule has 3 aromatic rings. The number of benzene rings is 3. The molecule has 30 heavy (non-hydrogen) atoms. The maximum absolute atomic E-state index is 6.16. The standard InChI is InChI=1S/C26H27NO3/c1-5-21-7-6-8-25(17-21)30-26(27-22-11-9-19(2)10-12-22)20(3)18-29-24-15-13-23(28-4)14-16-24/h6-18H,5H2,1-4H3/b20-18+,27-26?. The summed E-state index contributed by atoms with van der Waals surface area (Å²) in [5, 5.41) is 0. The molecule has 0 bridgehead atoms. The molecular weight excluding hydrogens is 374 g/mol. The number of aryl methyl sites for hydroxylation is 2. The first-order valence-corrected chi connectivity index (χ1v) is 9.97.